The highest BCUT2D eigenvalue weighted by Crippen LogP contribution is 2.07. The molecule has 1 unspecified atom stereocenters. The van der Waals surface area contributed by atoms with Crippen LogP contribution in [0.25, 0.3) is 0 Å². The molecule has 0 aromatic heterocycles. The number of rotatable bonds is 7. The first-order valence-electron chi connectivity index (χ1n) is 5.50. The average Bonchev–Trinajstić information content (AvgIpc) is 1.95. The van der Waals surface area contributed by atoms with E-state index in [1.165, 1.54) is 6.92 Å². The van der Waals surface area contributed by atoms with Gasteiger partial charge < -0.3 is 19.4 Å². The lowest BCUT2D eigenvalue weighted by Crippen LogP contribution is -2.44. The normalized spacial score (nSPS) is 15.1. The first-order chi connectivity index (χ1) is 7.60. The predicted octanol–water partition coefficient (Wildman–Crippen LogP) is -0.150. The molecule has 0 aliphatic heterocycles. The zero-order chi connectivity index (χ0) is 13.6. The van der Waals surface area contributed by atoms with Gasteiger partial charge in [-0.05, 0) is 6.92 Å². The Morgan fingerprint density at radius 1 is 1.24 bits per heavy atom. The van der Waals surface area contributed by atoms with Crippen molar-refractivity contribution in [1.82, 2.24) is 0 Å². The van der Waals surface area contributed by atoms with E-state index in [1.807, 2.05) is 21.1 Å². The molecular weight excluding hydrogens is 226 g/mol. The summed E-state index contributed by atoms with van der Waals surface area (Å²) >= 11 is 0. The number of aliphatic carboxylic acids is 1. The maximum absolute atomic E-state index is 11.3. The molecule has 0 rings (SSSR count). The number of carbonyl (C=O) groups excluding carboxylic acids is 1. The zero-order valence-corrected chi connectivity index (χ0v) is 10.8. The van der Waals surface area contributed by atoms with E-state index in [4.69, 9.17) is 14.9 Å². The molecule has 0 saturated carbocycles. The number of carboxylic acids is 1. The number of hydrogen-bond acceptors (Lipinski definition) is 4. The van der Waals surface area contributed by atoms with Crippen LogP contribution < -0.4 is 0 Å². The highest BCUT2D eigenvalue weighted by Gasteiger charge is 2.25. The second kappa shape index (κ2) is 6.56. The van der Waals surface area contributed by atoms with Crippen molar-refractivity contribution in [3.63, 3.8) is 0 Å². The number of likely N-dealkylation sites (N-methyl/N-ethyl adjacent to an activating group) is 1. The molecule has 0 heterocycles. The molecule has 0 aromatic rings. The predicted molar refractivity (Wildman–Crippen MR) is 61.3 cm³/mol. The molecule has 2 N–H and O–H groups in total. The van der Waals surface area contributed by atoms with E-state index >= 15 is 0 Å². The quantitative estimate of drug-likeness (QED) is 0.483. The summed E-state index contributed by atoms with van der Waals surface area (Å²) in [6, 6.07) is 0. The van der Waals surface area contributed by atoms with Gasteiger partial charge in [0.25, 0.3) is 0 Å². The monoisotopic (exact) mass is 248 g/mol. The fourth-order valence-electron chi connectivity index (χ4n) is 1.42. The molecule has 0 amide bonds. The fraction of sp³-hybridized carbons (Fsp3) is 0.818. The molecule has 6 nitrogen and oxygen atoms in total. The Kier molecular flexibility index (Phi) is 6.12. The third kappa shape index (κ3) is 9.77. The summed E-state index contributed by atoms with van der Waals surface area (Å²) in [5.41, 5.74) is 0. The SMILES string of the molecule is CC(O)CC(=O)O[C@H](CC(=O)O)C[N+](C)(C)C. The minimum Gasteiger partial charge on any atom is -0.481 e. The number of ether oxygens (including phenoxy) is 1. The molecular formula is C11H22NO5+. The van der Waals surface area contributed by atoms with Gasteiger partial charge in [0.1, 0.15) is 6.54 Å². The number of aliphatic hydroxyl groups excluding tert-OH is 1. The van der Waals surface area contributed by atoms with E-state index in [9.17, 15) is 9.59 Å². The number of quaternary nitrogens is 1. The van der Waals surface area contributed by atoms with Crippen LogP contribution in [0.15, 0.2) is 0 Å². The van der Waals surface area contributed by atoms with Crippen molar-refractivity contribution in [3.05, 3.63) is 0 Å². The van der Waals surface area contributed by atoms with Crippen molar-refractivity contribution in [2.24, 2.45) is 0 Å². The van der Waals surface area contributed by atoms with Gasteiger partial charge in [-0.2, -0.15) is 0 Å². The van der Waals surface area contributed by atoms with Crippen LogP contribution in [-0.2, 0) is 14.3 Å². The molecule has 0 aromatic carbocycles. The summed E-state index contributed by atoms with van der Waals surface area (Å²) in [6.45, 7) is 1.89. The van der Waals surface area contributed by atoms with E-state index < -0.39 is 24.1 Å². The average molecular weight is 248 g/mol. The van der Waals surface area contributed by atoms with Crippen molar-refractivity contribution in [2.45, 2.75) is 32.0 Å². The number of hydrogen-bond donors (Lipinski definition) is 2. The Balaban J connectivity index is 4.38. The Labute approximate surface area is 101 Å². The molecule has 0 radical (unpaired) electrons. The lowest BCUT2D eigenvalue weighted by atomic mass is 10.2. The van der Waals surface area contributed by atoms with Crippen molar-refractivity contribution in [1.29, 1.82) is 0 Å². The van der Waals surface area contributed by atoms with E-state index in [0.29, 0.717) is 11.0 Å². The van der Waals surface area contributed by atoms with Crippen LogP contribution in [0.5, 0.6) is 0 Å². The summed E-state index contributed by atoms with van der Waals surface area (Å²) in [7, 11) is 5.66. The second-order valence-electron chi connectivity index (χ2n) is 5.24. The molecule has 0 saturated heterocycles. The van der Waals surface area contributed by atoms with Crippen LogP contribution in [0.4, 0.5) is 0 Å². The van der Waals surface area contributed by atoms with Crippen LogP contribution in [-0.4, -0.2) is 66.5 Å². The Bertz CT molecular complexity index is 270. The smallest absolute Gasteiger partial charge is 0.308 e. The largest absolute Gasteiger partial charge is 0.481 e. The number of carbonyl (C=O) groups is 2. The lowest BCUT2D eigenvalue weighted by molar-refractivity contribution is -0.873. The Morgan fingerprint density at radius 2 is 1.76 bits per heavy atom. The van der Waals surface area contributed by atoms with E-state index in [1.54, 1.807) is 0 Å². The van der Waals surface area contributed by atoms with Gasteiger partial charge >= 0.3 is 11.9 Å². The molecule has 0 fully saturated rings. The number of esters is 1. The highest BCUT2D eigenvalue weighted by atomic mass is 16.5. The topological polar surface area (TPSA) is 83.8 Å². The molecule has 0 bridgehead atoms. The minimum atomic E-state index is -1.01. The van der Waals surface area contributed by atoms with Crippen LogP contribution in [0.2, 0.25) is 0 Å². The second-order valence-corrected chi connectivity index (χ2v) is 5.24. The van der Waals surface area contributed by atoms with Gasteiger partial charge in [0.05, 0.1) is 40.1 Å². The summed E-state index contributed by atoms with van der Waals surface area (Å²) in [6.07, 6.45) is -1.79. The highest BCUT2D eigenvalue weighted by molar-refractivity contribution is 5.71. The molecule has 6 heteroatoms. The van der Waals surface area contributed by atoms with Gasteiger partial charge in [0, 0.05) is 0 Å². The third-order valence-corrected chi connectivity index (χ3v) is 1.91. The third-order valence-electron chi connectivity index (χ3n) is 1.91. The van der Waals surface area contributed by atoms with Gasteiger partial charge in [-0.15, -0.1) is 0 Å². The molecule has 0 spiro atoms. The summed E-state index contributed by atoms with van der Waals surface area (Å²) < 4.78 is 5.55. The summed E-state index contributed by atoms with van der Waals surface area (Å²) in [5, 5.41) is 17.8. The van der Waals surface area contributed by atoms with E-state index in [-0.39, 0.29) is 12.8 Å². The maximum atomic E-state index is 11.3. The van der Waals surface area contributed by atoms with Crippen LogP contribution in [0.1, 0.15) is 19.8 Å². The first-order valence-corrected chi connectivity index (χ1v) is 5.50. The van der Waals surface area contributed by atoms with Gasteiger partial charge in [-0.1, -0.05) is 0 Å². The van der Waals surface area contributed by atoms with Crippen molar-refractivity contribution < 1.29 is 29.0 Å². The molecule has 0 aliphatic rings. The van der Waals surface area contributed by atoms with Crippen molar-refractivity contribution in [3.8, 4) is 0 Å². The molecule has 0 aliphatic carbocycles. The minimum absolute atomic E-state index is 0.118. The van der Waals surface area contributed by atoms with E-state index in [2.05, 4.69) is 0 Å². The molecule has 2 atom stereocenters. The maximum Gasteiger partial charge on any atom is 0.308 e. The van der Waals surface area contributed by atoms with Gasteiger partial charge in [-0.3, -0.25) is 9.59 Å². The number of aliphatic hydroxyl groups is 1. The number of carboxylic acid groups (broad SMARTS) is 1. The summed E-state index contributed by atoms with van der Waals surface area (Å²) in [5.74, 6) is -1.58. The fourth-order valence-corrected chi connectivity index (χ4v) is 1.42. The number of nitrogens with zero attached hydrogens (tertiary/aromatic N) is 1. The van der Waals surface area contributed by atoms with Gasteiger partial charge in [-0.25, -0.2) is 0 Å². The first kappa shape index (κ1) is 15.9. The van der Waals surface area contributed by atoms with Gasteiger partial charge in [0.15, 0.2) is 6.10 Å². The van der Waals surface area contributed by atoms with E-state index in [0.717, 1.165) is 0 Å². The van der Waals surface area contributed by atoms with Crippen molar-refractivity contribution in [2.75, 3.05) is 27.7 Å². The Hall–Kier alpha value is -1.14. The Morgan fingerprint density at radius 3 is 2.12 bits per heavy atom. The molecule has 17 heavy (non-hydrogen) atoms. The van der Waals surface area contributed by atoms with Crippen LogP contribution >= 0.6 is 0 Å². The standard InChI is InChI=1S/C11H21NO5/c1-8(13)5-11(16)17-9(6-10(14)15)7-12(2,3)4/h8-9,13H,5-7H2,1-4H3/p+1/t8?,9-/m1/s1. The van der Waals surface area contributed by atoms with Gasteiger partial charge in [0.2, 0.25) is 0 Å². The lowest BCUT2D eigenvalue weighted by Gasteiger charge is -2.28. The van der Waals surface area contributed by atoms with Crippen LogP contribution in [0.3, 0.4) is 0 Å². The van der Waals surface area contributed by atoms with Crippen molar-refractivity contribution >= 4 is 11.9 Å². The molecule has 100 valence electrons. The van der Waals surface area contributed by atoms with Crippen LogP contribution in [0, 0.1) is 0 Å². The zero-order valence-electron chi connectivity index (χ0n) is 10.8. The summed E-state index contributed by atoms with van der Waals surface area (Å²) in [4.78, 5) is 22.0.